The highest BCUT2D eigenvalue weighted by molar-refractivity contribution is 5.54. The second-order valence-corrected chi connectivity index (χ2v) is 9.77. The lowest BCUT2D eigenvalue weighted by molar-refractivity contribution is 0.283. The van der Waals surface area contributed by atoms with Crippen LogP contribution in [0.2, 0.25) is 0 Å². The summed E-state index contributed by atoms with van der Waals surface area (Å²) in [5.74, 6) is 2.50. The normalized spacial score (nSPS) is 15.6. The van der Waals surface area contributed by atoms with Gasteiger partial charge in [0.1, 0.15) is 12.4 Å². The van der Waals surface area contributed by atoms with Gasteiger partial charge in [-0.05, 0) is 76.4 Å². The van der Waals surface area contributed by atoms with E-state index in [9.17, 15) is 0 Å². The predicted molar refractivity (Wildman–Crippen MR) is 134 cm³/mol. The third kappa shape index (κ3) is 4.86. The molecular weight excluding hydrogens is 410 g/mol. The summed E-state index contributed by atoms with van der Waals surface area (Å²) >= 11 is 0. The van der Waals surface area contributed by atoms with Crippen LogP contribution < -0.4 is 19.5 Å². The zero-order chi connectivity index (χ0) is 23.6. The van der Waals surface area contributed by atoms with Crippen LogP contribution in [0, 0.1) is 6.92 Å². The van der Waals surface area contributed by atoms with Gasteiger partial charge in [-0.1, -0.05) is 51.1 Å². The Hall–Kier alpha value is -2.98. The standard InChI is InChI=1S/C29H35NO3/c1-19-14-25(31-5)24(29(2,3)4)16-22(19)28-23-17-27(33-18-20-10-8-7-9-11-20)26(32-6)15-21(23)12-13-30-28/h7-11,14-17,28,30H,12-13,18H2,1-6H3. The van der Waals surface area contributed by atoms with Crippen molar-refractivity contribution in [3.05, 3.63) is 88.0 Å². The van der Waals surface area contributed by atoms with Gasteiger partial charge in [-0.3, -0.25) is 0 Å². The van der Waals surface area contributed by atoms with E-state index in [-0.39, 0.29) is 11.5 Å². The number of hydrogen-bond acceptors (Lipinski definition) is 4. The molecule has 33 heavy (non-hydrogen) atoms. The fourth-order valence-electron chi connectivity index (χ4n) is 4.61. The maximum Gasteiger partial charge on any atom is 0.162 e. The molecule has 1 aliphatic heterocycles. The first-order valence-corrected chi connectivity index (χ1v) is 11.6. The maximum atomic E-state index is 6.24. The molecule has 0 spiro atoms. The maximum absolute atomic E-state index is 6.24. The molecule has 3 aromatic rings. The van der Waals surface area contributed by atoms with Crippen molar-refractivity contribution >= 4 is 0 Å². The zero-order valence-electron chi connectivity index (χ0n) is 20.6. The van der Waals surface area contributed by atoms with Crippen molar-refractivity contribution in [2.24, 2.45) is 0 Å². The molecule has 0 saturated carbocycles. The summed E-state index contributed by atoms with van der Waals surface area (Å²) in [7, 11) is 3.46. The van der Waals surface area contributed by atoms with Crippen molar-refractivity contribution in [3.63, 3.8) is 0 Å². The van der Waals surface area contributed by atoms with Crippen LogP contribution in [0.5, 0.6) is 17.2 Å². The highest BCUT2D eigenvalue weighted by atomic mass is 16.5. The van der Waals surface area contributed by atoms with Gasteiger partial charge in [0.25, 0.3) is 0 Å². The largest absolute Gasteiger partial charge is 0.496 e. The Labute approximate surface area is 197 Å². The Morgan fingerprint density at radius 3 is 2.27 bits per heavy atom. The topological polar surface area (TPSA) is 39.7 Å². The lowest BCUT2D eigenvalue weighted by Gasteiger charge is -2.32. The van der Waals surface area contributed by atoms with E-state index in [4.69, 9.17) is 14.2 Å². The minimum absolute atomic E-state index is 0.0187. The van der Waals surface area contributed by atoms with Crippen molar-refractivity contribution in [2.75, 3.05) is 20.8 Å². The monoisotopic (exact) mass is 445 g/mol. The van der Waals surface area contributed by atoms with E-state index in [2.05, 4.69) is 69.4 Å². The van der Waals surface area contributed by atoms with Crippen molar-refractivity contribution in [1.29, 1.82) is 0 Å². The van der Waals surface area contributed by atoms with E-state index in [1.54, 1.807) is 14.2 Å². The summed E-state index contributed by atoms with van der Waals surface area (Å²) < 4.78 is 17.7. The minimum Gasteiger partial charge on any atom is -0.496 e. The molecular formula is C29H35NO3. The quantitative estimate of drug-likeness (QED) is 0.496. The molecule has 0 aromatic heterocycles. The van der Waals surface area contributed by atoms with Crippen LogP contribution in [-0.2, 0) is 18.4 Å². The van der Waals surface area contributed by atoms with Crippen LogP contribution in [-0.4, -0.2) is 20.8 Å². The number of methoxy groups -OCH3 is 2. The molecule has 0 radical (unpaired) electrons. The average molecular weight is 446 g/mol. The Morgan fingerprint density at radius 1 is 0.879 bits per heavy atom. The lowest BCUT2D eigenvalue weighted by atomic mass is 9.81. The SMILES string of the molecule is COc1cc2c(cc1OCc1ccccc1)C(c1cc(C(C)(C)C)c(OC)cc1C)NCC2. The van der Waals surface area contributed by atoms with Crippen LogP contribution in [0.15, 0.2) is 54.6 Å². The fraction of sp³-hybridized carbons (Fsp3) is 0.379. The molecule has 0 aliphatic carbocycles. The van der Waals surface area contributed by atoms with E-state index in [1.807, 2.05) is 18.2 Å². The van der Waals surface area contributed by atoms with Gasteiger partial charge < -0.3 is 19.5 Å². The van der Waals surface area contributed by atoms with Crippen LogP contribution in [0.3, 0.4) is 0 Å². The van der Waals surface area contributed by atoms with Crippen molar-refractivity contribution < 1.29 is 14.2 Å². The molecule has 174 valence electrons. The fourth-order valence-corrected chi connectivity index (χ4v) is 4.61. The number of nitrogens with one attached hydrogen (secondary N) is 1. The minimum atomic E-state index is -0.0187. The number of hydrogen-bond donors (Lipinski definition) is 1. The third-order valence-corrected chi connectivity index (χ3v) is 6.42. The number of benzene rings is 3. The highest BCUT2D eigenvalue weighted by Crippen LogP contribution is 2.41. The first-order valence-electron chi connectivity index (χ1n) is 11.6. The van der Waals surface area contributed by atoms with E-state index in [0.29, 0.717) is 6.61 Å². The Bertz CT molecular complexity index is 1120. The lowest BCUT2D eigenvalue weighted by Crippen LogP contribution is -2.31. The first-order chi connectivity index (χ1) is 15.8. The molecule has 1 heterocycles. The summed E-state index contributed by atoms with van der Waals surface area (Å²) in [6.45, 7) is 10.3. The summed E-state index contributed by atoms with van der Waals surface area (Å²) in [5.41, 5.74) is 7.37. The van der Waals surface area contributed by atoms with Gasteiger partial charge in [-0.15, -0.1) is 0 Å². The average Bonchev–Trinajstić information content (AvgIpc) is 2.81. The summed E-state index contributed by atoms with van der Waals surface area (Å²) in [5, 5.41) is 3.75. The van der Waals surface area contributed by atoms with Gasteiger partial charge in [0, 0.05) is 6.54 Å². The molecule has 0 saturated heterocycles. The van der Waals surface area contributed by atoms with E-state index < -0.39 is 0 Å². The molecule has 0 bridgehead atoms. The van der Waals surface area contributed by atoms with Crippen LogP contribution >= 0.6 is 0 Å². The molecule has 0 fully saturated rings. The summed E-state index contributed by atoms with van der Waals surface area (Å²) in [6, 6.07) is 19.1. The Morgan fingerprint density at radius 2 is 1.61 bits per heavy atom. The number of aryl methyl sites for hydroxylation is 1. The van der Waals surface area contributed by atoms with Crippen molar-refractivity contribution in [2.45, 2.75) is 52.2 Å². The third-order valence-electron chi connectivity index (χ3n) is 6.42. The van der Waals surface area contributed by atoms with Gasteiger partial charge in [-0.25, -0.2) is 0 Å². The molecule has 1 N–H and O–H groups in total. The molecule has 4 heteroatoms. The van der Waals surface area contributed by atoms with E-state index >= 15 is 0 Å². The smallest absolute Gasteiger partial charge is 0.162 e. The Kier molecular flexibility index (Phi) is 6.66. The van der Waals surface area contributed by atoms with Crippen LogP contribution in [0.4, 0.5) is 0 Å². The molecule has 3 aromatic carbocycles. The number of ether oxygens (including phenoxy) is 3. The summed E-state index contributed by atoms with van der Waals surface area (Å²) in [6.07, 6.45) is 0.961. The molecule has 1 aliphatic rings. The van der Waals surface area contributed by atoms with Gasteiger partial charge in [0.05, 0.1) is 20.3 Å². The van der Waals surface area contributed by atoms with Gasteiger partial charge >= 0.3 is 0 Å². The number of fused-ring (bicyclic) bond motifs is 1. The van der Waals surface area contributed by atoms with Crippen LogP contribution in [0.25, 0.3) is 0 Å². The Balaban J connectivity index is 1.75. The predicted octanol–water partition coefficient (Wildman–Crippen LogP) is 6.12. The van der Waals surface area contributed by atoms with Gasteiger partial charge in [0.15, 0.2) is 11.5 Å². The van der Waals surface area contributed by atoms with Gasteiger partial charge in [-0.2, -0.15) is 0 Å². The van der Waals surface area contributed by atoms with Crippen LogP contribution in [0.1, 0.15) is 60.2 Å². The van der Waals surface area contributed by atoms with E-state index in [0.717, 1.165) is 35.8 Å². The second kappa shape index (κ2) is 9.48. The van der Waals surface area contributed by atoms with Crippen molar-refractivity contribution in [1.82, 2.24) is 5.32 Å². The highest BCUT2D eigenvalue weighted by Gasteiger charge is 2.28. The van der Waals surface area contributed by atoms with Gasteiger partial charge in [0.2, 0.25) is 0 Å². The zero-order valence-corrected chi connectivity index (χ0v) is 20.6. The molecule has 4 rings (SSSR count). The molecule has 1 unspecified atom stereocenters. The second-order valence-electron chi connectivity index (χ2n) is 9.77. The summed E-state index contributed by atoms with van der Waals surface area (Å²) in [4.78, 5) is 0. The molecule has 1 atom stereocenters. The van der Waals surface area contributed by atoms with E-state index in [1.165, 1.54) is 27.8 Å². The first kappa shape index (κ1) is 23.2. The number of rotatable bonds is 6. The van der Waals surface area contributed by atoms with Crippen molar-refractivity contribution in [3.8, 4) is 17.2 Å². The molecule has 4 nitrogen and oxygen atoms in total. The molecule has 0 amide bonds.